The molecule has 0 radical (unpaired) electrons. The topological polar surface area (TPSA) is 71.3 Å². The SMILES string of the molecule is Cc1cccc(NC(=O)N2CCCC[C@H]2c2nc(-c3ccc(Cl)cc3)no2)c1C. The molecular weight excluding hydrogens is 388 g/mol. The zero-order valence-electron chi connectivity index (χ0n) is 16.5. The molecule has 7 heteroatoms. The van der Waals surface area contributed by atoms with Crippen LogP contribution in [0.15, 0.2) is 47.0 Å². The third-order valence-electron chi connectivity index (χ3n) is 5.44. The monoisotopic (exact) mass is 410 g/mol. The maximum absolute atomic E-state index is 13.0. The van der Waals surface area contributed by atoms with Crippen molar-refractivity contribution in [3.05, 3.63) is 64.5 Å². The number of rotatable bonds is 3. The first-order chi connectivity index (χ1) is 14.0. The first-order valence-electron chi connectivity index (χ1n) is 9.76. The molecule has 1 aliphatic rings. The Morgan fingerprint density at radius 3 is 2.76 bits per heavy atom. The second kappa shape index (κ2) is 8.25. The van der Waals surface area contributed by atoms with Gasteiger partial charge in [-0.2, -0.15) is 4.98 Å². The van der Waals surface area contributed by atoms with Crippen LogP contribution < -0.4 is 5.32 Å². The molecule has 1 fully saturated rings. The quantitative estimate of drug-likeness (QED) is 0.595. The van der Waals surface area contributed by atoms with Crippen LogP contribution in [-0.2, 0) is 0 Å². The van der Waals surface area contributed by atoms with Gasteiger partial charge in [0.1, 0.15) is 6.04 Å². The summed E-state index contributed by atoms with van der Waals surface area (Å²) in [5.41, 5.74) is 3.86. The lowest BCUT2D eigenvalue weighted by Crippen LogP contribution is -2.41. The van der Waals surface area contributed by atoms with E-state index >= 15 is 0 Å². The zero-order chi connectivity index (χ0) is 20.4. The molecule has 29 heavy (non-hydrogen) atoms. The van der Waals surface area contributed by atoms with E-state index in [1.54, 1.807) is 17.0 Å². The van der Waals surface area contributed by atoms with Crippen molar-refractivity contribution in [2.24, 2.45) is 0 Å². The molecule has 0 bridgehead atoms. The van der Waals surface area contributed by atoms with E-state index in [9.17, 15) is 4.79 Å². The van der Waals surface area contributed by atoms with Crippen LogP contribution in [0.2, 0.25) is 5.02 Å². The number of nitrogens with zero attached hydrogens (tertiary/aromatic N) is 3. The number of nitrogens with one attached hydrogen (secondary N) is 1. The van der Waals surface area contributed by atoms with Crippen LogP contribution in [-0.4, -0.2) is 27.6 Å². The van der Waals surface area contributed by atoms with E-state index < -0.39 is 0 Å². The lowest BCUT2D eigenvalue weighted by Gasteiger charge is -2.33. The fourth-order valence-electron chi connectivity index (χ4n) is 3.59. The van der Waals surface area contributed by atoms with E-state index in [-0.39, 0.29) is 12.1 Å². The van der Waals surface area contributed by atoms with Gasteiger partial charge in [-0.05, 0) is 74.6 Å². The largest absolute Gasteiger partial charge is 0.337 e. The number of piperidine rings is 1. The minimum atomic E-state index is -0.234. The van der Waals surface area contributed by atoms with Gasteiger partial charge in [0.2, 0.25) is 11.7 Å². The second-order valence-corrected chi connectivity index (χ2v) is 7.78. The van der Waals surface area contributed by atoms with E-state index in [0.717, 1.165) is 41.6 Å². The van der Waals surface area contributed by atoms with Gasteiger partial charge in [-0.1, -0.05) is 28.9 Å². The van der Waals surface area contributed by atoms with Gasteiger partial charge < -0.3 is 14.7 Å². The van der Waals surface area contributed by atoms with Crippen LogP contribution in [0.4, 0.5) is 10.5 Å². The Hall–Kier alpha value is -2.86. The van der Waals surface area contributed by atoms with Gasteiger partial charge in [0.05, 0.1) is 0 Å². The van der Waals surface area contributed by atoms with Gasteiger partial charge in [0, 0.05) is 22.8 Å². The summed E-state index contributed by atoms with van der Waals surface area (Å²) in [6.07, 6.45) is 2.76. The number of urea groups is 1. The Balaban J connectivity index is 1.55. The Kier molecular flexibility index (Phi) is 5.53. The van der Waals surface area contributed by atoms with Crippen molar-refractivity contribution >= 4 is 23.3 Å². The summed E-state index contributed by atoms with van der Waals surface area (Å²) >= 11 is 5.95. The predicted molar refractivity (Wildman–Crippen MR) is 113 cm³/mol. The number of aryl methyl sites for hydroxylation is 1. The smallest absolute Gasteiger partial charge is 0.322 e. The van der Waals surface area contributed by atoms with Gasteiger partial charge in [-0.25, -0.2) is 4.79 Å². The summed E-state index contributed by atoms with van der Waals surface area (Å²) in [7, 11) is 0. The predicted octanol–water partition coefficient (Wildman–Crippen LogP) is 5.77. The molecule has 1 saturated heterocycles. The molecule has 1 aliphatic heterocycles. The molecular formula is C22H23ClN4O2. The van der Waals surface area contributed by atoms with Crippen LogP contribution in [0.3, 0.4) is 0 Å². The highest BCUT2D eigenvalue weighted by Crippen LogP contribution is 2.32. The third-order valence-corrected chi connectivity index (χ3v) is 5.69. The van der Waals surface area contributed by atoms with E-state index in [4.69, 9.17) is 16.1 Å². The summed E-state index contributed by atoms with van der Waals surface area (Å²) < 4.78 is 5.55. The van der Waals surface area contributed by atoms with E-state index in [2.05, 4.69) is 15.5 Å². The van der Waals surface area contributed by atoms with E-state index in [1.165, 1.54) is 0 Å². The molecule has 2 heterocycles. The number of halogens is 1. The number of aromatic nitrogens is 2. The highest BCUT2D eigenvalue weighted by Gasteiger charge is 2.32. The van der Waals surface area contributed by atoms with E-state index in [0.29, 0.717) is 23.3 Å². The van der Waals surface area contributed by atoms with Crippen molar-refractivity contribution in [3.63, 3.8) is 0 Å². The van der Waals surface area contributed by atoms with Crippen molar-refractivity contribution in [1.82, 2.24) is 15.0 Å². The van der Waals surface area contributed by atoms with Gasteiger partial charge >= 0.3 is 6.03 Å². The number of likely N-dealkylation sites (tertiary alicyclic amines) is 1. The van der Waals surface area contributed by atoms with Crippen LogP contribution in [0.1, 0.15) is 42.3 Å². The van der Waals surface area contributed by atoms with Crippen molar-refractivity contribution in [1.29, 1.82) is 0 Å². The Labute approximate surface area is 174 Å². The minimum Gasteiger partial charge on any atom is -0.337 e. The molecule has 0 spiro atoms. The van der Waals surface area contributed by atoms with E-state index in [1.807, 2.05) is 44.2 Å². The number of carbonyl (C=O) groups is 1. The molecule has 6 nitrogen and oxygen atoms in total. The zero-order valence-corrected chi connectivity index (χ0v) is 17.2. The van der Waals surface area contributed by atoms with Crippen LogP contribution in [0, 0.1) is 13.8 Å². The average molecular weight is 411 g/mol. The van der Waals surface area contributed by atoms with Gasteiger partial charge in [0.15, 0.2) is 0 Å². The highest BCUT2D eigenvalue weighted by atomic mass is 35.5. The Morgan fingerprint density at radius 1 is 1.17 bits per heavy atom. The van der Waals surface area contributed by atoms with Crippen molar-refractivity contribution in [2.45, 2.75) is 39.2 Å². The number of carbonyl (C=O) groups excluding carboxylic acids is 1. The molecule has 4 rings (SSSR count). The maximum atomic E-state index is 13.0. The first-order valence-corrected chi connectivity index (χ1v) is 10.1. The molecule has 1 N–H and O–H groups in total. The maximum Gasteiger partial charge on any atom is 0.322 e. The fraction of sp³-hybridized carbons (Fsp3) is 0.318. The minimum absolute atomic E-state index is 0.144. The summed E-state index contributed by atoms with van der Waals surface area (Å²) in [6.45, 7) is 4.69. The number of hydrogen-bond acceptors (Lipinski definition) is 4. The number of benzene rings is 2. The normalized spacial score (nSPS) is 16.7. The second-order valence-electron chi connectivity index (χ2n) is 7.35. The highest BCUT2D eigenvalue weighted by molar-refractivity contribution is 6.30. The summed E-state index contributed by atoms with van der Waals surface area (Å²) in [6, 6.07) is 12.8. The molecule has 0 aliphatic carbocycles. The molecule has 3 aromatic rings. The lowest BCUT2D eigenvalue weighted by molar-refractivity contribution is 0.142. The molecule has 1 aromatic heterocycles. The average Bonchev–Trinajstić information content (AvgIpc) is 3.22. The molecule has 0 unspecified atom stereocenters. The Morgan fingerprint density at radius 2 is 1.97 bits per heavy atom. The number of amides is 2. The van der Waals surface area contributed by atoms with Gasteiger partial charge in [-0.15, -0.1) is 0 Å². The first kappa shape index (κ1) is 19.5. The van der Waals surface area contributed by atoms with Crippen molar-refractivity contribution < 1.29 is 9.32 Å². The summed E-state index contributed by atoms with van der Waals surface area (Å²) in [5.74, 6) is 0.961. The van der Waals surface area contributed by atoms with Crippen LogP contribution in [0.25, 0.3) is 11.4 Å². The van der Waals surface area contributed by atoms with Crippen molar-refractivity contribution in [3.8, 4) is 11.4 Å². The van der Waals surface area contributed by atoms with Crippen LogP contribution >= 0.6 is 11.6 Å². The molecule has 1 atom stereocenters. The lowest BCUT2D eigenvalue weighted by atomic mass is 10.0. The molecule has 2 amide bonds. The molecule has 2 aromatic carbocycles. The molecule has 0 saturated carbocycles. The van der Waals surface area contributed by atoms with Gasteiger partial charge in [0.25, 0.3) is 0 Å². The summed E-state index contributed by atoms with van der Waals surface area (Å²) in [5, 5.41) is 7.81. The Bertz CT molecular complexity index is 1020. The fourth-order valence-corrected chi connectivity index (χ4v) is 3.72. The summed E-state index contributed by atoms with van der Waals surface area (Å²) in [4.78, 5) is 19.4. The third kappa shape index (κ3) is 4.12. The van der Waals surface area contributed by atoms with Crippen LogP contribution in [0.5, 0.6) is 0 Å². The number of hydrogen-bond donors (Lipinski definition) is 1. The van der Waals surface area contributed by atoms with Crippen molar-refractivity contribution in [2.75, 3.05) is 11.9 Å². The molecule has 150 valence electrons. The number of anilines is 1. The van der Waals surface area contributed by atoms with Gasteiger partial charge in [-0.3, -0.25) is 0 Å². The standard InChI is InChI=1S/C22H23ClN4O2/c1-14-6-5-7-18(15(14)2)24-22(28)27-13-4-3-8-19(27)21-25-20(26-29-21)16-9-11-17(23)12-10-16/h5-7,9-12,19H,3-4,8,13H2,1-2H3,(H,24,28)/t19-/m0/s1.